The van der Waals surface area contributed by atoms with Crippen LogP contribution in [0.25, 0.3) is 0 Å². The molecular formula is C12H25N3O. The number of likely N-dealkylation sites (N-methyl/N-ethyl adjacent to an activating group) is 1. The molecule has 1 amide bonds. The molecule has 2 atom stereocenters. The third-order valence-corrected chi connectivity index (χ3v) is 3.41. The number of rotatable bonds is 4. The molecule has 1 fully saturated rings. The Hall–Kier alpha value is -0.610. The maximum absolute atomic E-state index is 11.7. The van der Waals surface area contributed by atoms with Crippen LogP contribution in [0.2, 0.25) is 0 Å². The molecule has 0 radical (unpaired) electrons. The summed E-state index contributed by atoms with van der Waals surface area (Å²) in [6.07, 6.45) is 2.23. The molecule has 1 rings (SSSR count). The molecule has 4 heteroatoms. The van der Waals surface area contributed by atoms with E-state index in [1.807, 2.05) is 14.1 Å². The third-order valence-electron chi connectivity index (χ3n) is 3.41. The minimum absolute atomic E-state index is 0.204. The SMILES string of the molecule is CCC1CN(CC(=O)N(C)C)C(CC)CN1. The molecule has 16 heavy (non-hydrogen) atoms. The first-order valence-electron chi connectivity index (χ1n) is 6.26. The van der Waals surface area contributed by atoms with Crippen molar-refractivity contribution in [3.05, 3.63) is 0 Å². The highest BCUT2D eigenvalue weighted by molar-refractivity contribution is 5.77. The predicted octanol–water partition coefficient (Wildman–Crippen LogP) is 0.537. The van der Waals surface area contributed by atoms with Crippen LogP contribution in [0.1, 0.15) is 26.7 Å². The lowest BCUT2D eigenvalue weighted by Crippen LogP contribution is -2.57. The highest BCUT2D eigenvalue weighted by atomic mass is 16.2. The Balaban J connectivity index is 2.54. The number of nitrogens with zero attached hydrogens (tertiary/aromatic N) is 2. The number of hydrogen-bond acceptors (Lipinski definition) is 3. The van der Waals surface area contributed by atoms with E-state index < -0.39 is 0 Å². The number of carbonyl (C=O) groups is 1. The van der Waals surface area contributed by atoms with Gasteiger partial charge in [-0.05, 0) is 12.8 Å². The van der Waals surface area contributed by atoms with Crippen molar-refractivity contribution >= 4 is 5.91 Å². The third kappa shape index (κ3) is 3.46. The Morgan fingerprint density at radius 1 is 1.38 bits per heavy atom. The lowest BCUT2D eigenvalue weighted by Gasteiger charge is -2.39. The summed E-state index contributed by atoms with van der Waals surface area (Å²) in [5.74, 6) is 0.204. The lowest BCUT2D eigenvalue weighted by atomic mass is 10.1. The molecule has 0 aliphatic carbocycles. The number of carbonyl (C=O) groups excluding carboxylic acids is 1. The lowest BCUT2D eigenvalue weighted by molar-refractivity contribution is -0.130. The maximum atomic E-state index is 11.7. The van der Waals surface area contributed by atoms with Crippen LogP contribution in [-0.4, -0.2) is 61.5 Å². The summed E-state index contributed by atoms with van der Waals surface area (Å²) in [4.78, 5) is 15.7. The van der Waals surface area contributed by atoms with Crippen molar-refractivity contribution in [1.29, 1.82) is 0 Å². The summed E-state index contributed by atoms with van der Waals surface area (Å²) in [5, 5.41) is 3.54. The van der Waals surface area contributed by atoms with E-state index in [2.05, 4.69) is 24.1 Å². The smallest absolute Gasteiger partial charge is 0.236 e. The largest absolute Gasteiger partial charge is 0.348 e. The zero-order chi connectivity index (χ0) is 12.1. The molecule has 0 saturated carbocycles. The van der Waals surface area contributed by atoms with Crippen LogP contribution in [0.3, 0.4) is 0 Å². The Bertz CT molecular complexity index is 230. The van der Waals surface area contributed by atoms with Gasteiger partial charge in [-0.1, -0.05) is 13.8 Å². The van der Waals surface area contributed by atoms with E-state index in [4.69, 9.17) is 0 Å². The van der Waals surface area contributed by atoms with E-state index in [1.54, 1.807) is 4.90 Å². The molecule has 0 bridgehead atoms. The van der Waals surface area contributed by atoms with Crippen molar-refractivity contribution in [1.82, 2.24) is 15.1 Å². The van der Waals surface area contributed by atoms with E-state index in [0.717, 1.165) is 25.9 Å². The molecular weight excluding hydrogens is 202 g/mol. The number of piperazine rings is 1. The topological polar surface area (TPSA) is 35.6 Å². The first-order valence-corrected chi connectivity index (χ1v) is 6.26. The number of amides is 1. The summed E-state index contributed by atoms with van der Waals surface area (Å²) in [6, 6.07) is 1.05. The van der Waals surface area contributed by atoms with Crippen molar-refractivity contribution in [2.45, 2.75) is 38.8 Å². The van der Waals surface area contributed by atoms with Gasteiger partial charge in [0.15, 0.2) is 0 Å². The molecule has 94 valence electrons. The molecule has 1 aliphatic heterocycles. The van der Waals surface area contributed by atoms with Crippen LogP contribution in [0.5, 0.6) is 0 Å². The fourth-order valence-corrected chi connectivity index (χ4v) is 2.11. The van der Waals surface area contributed by atoms with Gasteiger partial charge >= 0.3 is 0 Å². The van der Waals surface area contributed by atoms with Gasteiger partial charge in [0.2, 0.25) is 5.91 Å². The molecule has 0 spiro atoms. The van der Waals surface area contributed by atoms with Gasteiger partial charge in [0.05, 0.1) is 6.54 Å². The predicted molar refractivity (Wildman–Crippen MR) is 66.4 cm³/mol. The quantitative estimate of drug-likeness (QED) is 0.761. The molecule has 0 aromatic heterocycles. The minimum atomic E-state index is 0.204. The maximum Gasteiger partial charge on any atom is 0.236 e. The van der Waals surface area contributed by atoms with Gasteiger partial charge in [-0.2, -0.15) is 0 Å². The molecule has 1 saturated heterocycles. The first kappa shape index (κ1) is 13.5. The van der Waals surface area contributed by atoms with Gasteiger partial charge in [-0.3, -0.25) is 9.69 Å². The summed E-state index contributed by atoms with van der Waals surface area (Å²) in [6.45, 7) is 6.94. The first-order chi connectivity index (χ1) is 7.58. The molecule has 0 aromatic rings. The summed E-state index contributed by atoms with van der Waals surface area (Å²) >= 11 is 0. The van der Waals surface area contributed by atoms with E-state index in [9.17, 15) is 4.79 Å². The van der Waals surface area contributed by atoms with Gasteiger partial charge in [-0.25, -0.2) is 0 Å². The van der Waals surface area contributed by atoms with Crippen LogP contribution in [-0.2, 0) is 4.79 Å². The molecule has 0 aromatic carbocycles. The minimum Gasteiger partial charge on any atom is -0.348 e. The van der Waals surface area contributed by atoms with E-state index >= 15 is 0 Å². The summed E-state index contributed by atoms with van der Waals surface area (Å²) < 4.78 is 0. The zero-order valence-corrected chi connectivity index (χ0v) is 11.0. The highest BCUT2D eigenvalue weighted by Gasteiger charge is 2.27. The normalized spacial score (nSPS) is 26.8. The zero-order valence-electron chi connectivity index (χ0n) is 11.0. The van der Waals surface area contributed by atoms with Gasteiger partial charge in [0, 0.05) is 39.3 Å². The summed E-state index contributed by atoms with van der Waals surface area (Å²) in [5.41, 5.74) is 0. The highest BCUT2D eigenvalue weighted by Crippen LogP contribution is 2.11. The standard InChI is InChI=1S/C12H25N3O/c1-5-10-8-15(9-12(16)14(3)4)11(6-2)7-13-10/h10-11,13H,5-9H2,1-4H3. The Morgan fingerprint density at radius 3 is 2.56 bits per heavy atom. The van der Waals surface area contributed by atoms with Gasteiger partial charge < -0.3 is 10.2 Å². The van der Waals surface area contributed by atoms with Crippen molar-refractivity contribution in [2.75, 3.05) is 33.7 Å². The second-order valence-electron chi connectivity index (χ2n) is 4.79. The van der Waals surface area contributed by atoms with Crippen molar-refractivity contribution in [3.8, 4) is 0 Å². The molecule has 4 nitrogen and oxygen atoms in total. The van der Waals surface area contributed by atoms with Gasteiger partial charge in [0.1, 0.15) is 0 Å². The fourth-order valence-electron chi connectivity index (χ4n) is 2.11. The van der Waals surface area contributed by atoms with Crippen LogP contribution in [0, 0.1) is 0 Å². The summed E-state index contributed by atoms with van der Waals surface area (Å²) in [7, 11) is 3.64. The van der Waals surface area contributed by atoms with E-state index in [-0.39, 0.29) is 5.91 Å². The van der Waals surface area contributed by atoms with Crippen LogP contribution < -0.4 is 5.32 Å². The van der Waals surface area contributed by atoms with E-state index in [1.165, 1.54) is 0 Å². The monoisotopic (exact) mass is 227 g/mol. The number of hydrogen-bond donors (Lipinski definition) is 1. The molecule has 1 aliphatic rings. The second kappa shape index (κ2) is 6.21. The Labute approximate surface area is 99.0 Å². The molecule has 1 N–H and O–H groups in total. The fraction of sp³-hybridized carbons (Fsp3) is 0.917. The average molecular weight is 227 g/mol. The van der Waals surface area contributed by atoms with Crippen molar-refractivity contribution < 1.29 is 4.79 Å². The van der Waals surface area contributed by atoms with Crippen LogP contribution in [0.4, 0.5) is 0 Å². The Morgan fingerprint density at radius 2 is 2.06 bits per heavy atom. The van der Waals surface area contributed by atoms with E-state index in [0.29, 0.717) is 18.6 Å². The second-order valence-corrected chi connectivity index (χ2v) is 4.79. The number of nitrogens with one attached hydrogen (secondary N) is 1. The van der Waals surface area contributed by atoms with Crippen LogP contribution in [0.15, 0.2) is 0 Å². The molecule has 1 heterocycles. The van der Waals surface area contributed by atoms with Crippen molar-refractivity contribution in [3.63, 3.8) is 0 Å². The molecule has 2 unspecified atom stereocenters. The van der Waals surface area contributed by atoms with Crippen molar-refractivity contribution in [2.24, 2.45) is 0 Å². The Kier molecular flexibility index (Phi) is 5.22. The average Bonchev–Trinajstić information content (AvgIpc) is 2.28. The van der Waals surface area contributed by atoms with Gasteiger partial charge in [-0.15, -0.1) is 0 Å². The van der Waals surface area contributed by atoms with Crippen LogP contribution >= 0.6 is 0 Å². The van der Waals surface area contributed by atoms with Gasteiger partial charge in [0.25, 0.3) is 0 Å².